The Bertz CT molecular complexity index is 873. The van der Waals surface area contributed by atoms with Gasteiger partial charge in [0.15, 0.2) is 0 Å². The van der Waals surface area contributed by atoms with Crippen LogP contribution in [0, 0.1) is 5.82 Å². The van der Waals surface area contributed by atoms with Gasteiger partial charge in [-0.15, -0.1) is 0 Å². The minimum atomic E-state index is -0.564. The topological polar surface area (TPSA) is 90.5 Å². The van der Waals surface area contributed by atoms with Gasteiger partial charge in [-0.25, -0.2) is 4.39 Å². The third-order valence-corrected chi connectivity index (χ3v) is 4.28. The Labute approximate surface area is 161 Å². The maximum atomic E-state index is 14.0. The molecule has 28 heavy (non-hydrogen) atoms. The van der Waals surface area contributed by atoms with E-state index in [1.54, 1.807) is 0 Å². The highest BCUT2D eigenvalue weighted by Crippen LogP contribution is 2.20. The van der Waals surface area contributed by atoms with E-state index in [0.717, 1.165) is 5.56 Å². The summed E-state index contributed by atoms with van der Waals surface area (Å²) in [6, 6.07) is 13.3. The Morgan fingerprint density at radius 2 is 1.93 bits per heavy atom. The normalized spacial score (nSPS) is 13.6. The van der Waals surface area contributed by atoms with Crippen molar-refractivity contribution >= 4 is 29.1 Å². The van der Waals surface area contributed by atoms with Crippen molar-refractivity contribution < 1.29 is 18.8 Å². The van der Waals surface area contributed by atoms with Gasteiger partial charge in [0.1, 0.15) is 5.82 Å². The lowest BCUT2D eigenvalue weighted by Crippen LogP contribution is -2.51. The number of carbonyl (C=O) groups excluding carboxylic acids is 3. The number of halogens is 1. The SMILES string of the molecule is O=C1CN(C(=O)CNc2ccc(F)c(NC(=O)Cc3ccccc3)c2)CCN1. The monoisotopic (exact) mass is 384 g/mol. The molecule has 0 aliphatic carbocycles. The van der Waals surface area contributed by atoms with Crippen molar-refractivity contribution in [3.8, 4) is 0 Å². The third-order valence-electron chi connectivity index (χ3n) is 4.28. The van der Waals surface area contributed by atoms with E-state index < -0.39 is 5.82 Å². The van der Waals surface area contributed by atoms with Crippen LogP contribution in [-0.4, -0.2) is 48.8 Å². The molecule has 1 aliphatic rings. The number of anilines is 2. The van der Waals surface area contributed by atoms with E-state index in [2.05, 4.69) is 16.0 Å². The molecule has 8 heteroatoms. The lowest BCUT2D eigenvalue weighted by molar-refractivity contribution is -0.136. The molecule has 0 atom stereocenters. The zero-order chi connectivity index (χ0) is 19.9. The quantitative estimate of drug-likeness (QED) is 0.702. The molecule has 3 amide bonds. The van der Waals surface area contributed by atoms with Gasteiger partial charge in [-0.3, -0.25) is 14.4 Å². The molecule has 1 aliphatic heterocycles. The van der Waals surface area contributed by atoms with Crippen LogP contribution in [0.4, 0.5) is 15.8 Å². The maximum absolute atomic E-state index is 14.0. The van der Waals surface area contributed by atoms with E-state index >= 15 is 0 Å². The lowest BCUT2D eigenvalue weighted by Gasteiger charge is -2.26. The summed E-state index contributed by atoms with van der Waals surface area (Å²) < 4.78 is 14.0. The second kappa shape index (κ2) is 8.98. The van der Waals surface area contributed by atoms with Gasteiger partial charge in [-0.1, -0.05) is 30.3 Å². The predicted octanol–water partition coefficient (Wildman–Crippen LogP) is 1.38. The number of amides is 3. The van der Waals surface area contributed by atoms with Crippen LogP contribution in [0.1, 0.15) is 5.56 Å². The first-order valence-corrected chi connectivity index (χ1v) is 8.93. The van der Waals surface area contributed by atoms with Crippen LogP contribution in [0.5, 0.6) is 0 Å². The highest BCUT2D eigenvalue weighted by atomic mass is 19.1. The Morgan fingerprint density at radius 1 is 1.14 bits per heavy atom. The average molecular weight is 384 g/mol. The Hall–Kier alpha value is -3.42. The van der Waals surface area contributed by atoms with Gasteiger partial charge in [0.25, 0.3) is 0 Å². The Morgan fingerprint density at radius 3 is 2.68 bits per heavy atom. The zero-order valence-electron chi connectivity index (χ0n) is 15.2. The summed E-state index contributed by atoms with van der Waals surface area (Å²) in [6.45, 7) is 0.885. The molecule has 1 fully saturated rings. The zero-order valence-corrected chi connectivity index (χ0v) is 15.2. The number of piperazine rings is 1. The minimum Gasteiger partial charge on any atom is -0.376 e. The lowest BCUT2D eigenvalue weighted by atomic mass is 10.1. The Balaban J connectivity index is 1.57. The standard InChI is InChI=1S/C20H21FN4O3/c21-16-7-6-15(23-12-20(28)25-9-8-22-19(27)13-25)11-17(16)24-18(26)10-14-4-2-1-3-5-14/h1-7,11,23H,8-10,12-13H2,(H,22,27)(H,24,26). The van der Waals surface area contributed by atoms with Crippen molar-refractivity contribution in [1.29, 1.82) is 0 Å². The van der Waals surface area contributed by atoms with Crippen LogP contribution < -0.4 is 16.0 Å². The smallest absolute Gasteiger partial charge is 0.242 e. The van der Waals surface area contributed by atoms with Gasteiger partial charge < -0.3 is 20.9 Å². The van der Waals surface area contributed by atoms with Gasteiger partial charge in [0, 0.05) is 18.8 Å². The second-order valence-corrected chi connectivity index (χ2v) is 6.42. The van der Waals surface area contributed by atoms with Crippen LogP contribution in [0.15, 0.2) is 48.5 Å². The predicted molar refractivity (Wildman–Crippen MR) is 103 cm³/mol. The maximum Gasteiger partial charge on any atom is 0.242 e. The number of hydrogen-bond donors (Lipinski definition) is 3. The minimum absolute atomic E-state index is 0.0314. The molecule has 2 aromatic carbocycles. The first-order valence-electron chi connectivity index (χ1n) is 8.93. The van der Waals surface area contributed by atoms with E-state index in [9.17, 15) is 18.8 Å². The first kappa shape index (κ1) is 19.3. The molecule has 0 aromatic heterocycles. The fraction of sp³-hybridized carbons (Fsp3) is 0.250. The third kappa shape index (κ3) is 5.29. The van der Waals surface area contributed by atoms with Crippen LogP contribution in [0.3, 0.4) is 0 Å². The van der Waals surface area contributed by atoms with Gasteiger partial charge in [-0.05, 0) is 23.8 Å². The average Bonchev–Trinajstić information content (AvgIpc) is 2.69. The van der Waals surface area contributed by atoms with E-state index in [1.807, 2.05) is 30.3 Å². The largest absolute Gasteiger partial charge is 0.376 e. The van der Waals surface area contributed by atoms with Crippen molar-refractivity contribution in [3.63, 3.8) is 0 Å². The highest BCUT2D eigenvalue weighted by Gasteiger charge is 2.20. The molecule has 3 rings (SSSR count). The van der Waals surface area contributed by atoms with Gasteiger partial charge in [-0.2, -0.15) is 0 Å². The van der Waals surface area contributed by atoms with Gasteiger partial charge >= 0.3 is 0 Å². The summed E-state index contributed by atoms with van der Waals surface area (Å²) in [6.07, 6.45) is 0.132. The Kier molecular flexibility index (Phi) is 6.21. The fourth-order valence-electron chi connectivity index (χ4n) is 2.85. The second-order valence-electron chi connectivity index (χ2n) is 6.42. The summed E-state index contributed by atoms with van der Waals surface area (Å²) in [5.74, 6) is -1.32. The molecule has 0 unspecified atom stereocenters. The molecule has 0 saturated carbocycles. The summed E-state index contributed by atoms with van der Waals surface area (Å²) in [7, 11) is 0. The molecule has 146 valence electrons. The number of nitrogens with zero attached hydrogens (tertiary/aromatic N) is 1. The number of benzene rings is 2. The number of nitrogens with one attached hydrogen (secondary N) is 3. The van der Waals surface area contributed by atoms with Crippen molar-refractivity contribution in [1.82, 2.24) is 10.2 Å². The fourth-order valence-corrected chi connectivity index (χ4v) is 2.85. The molecule has 2 aromatic rings. The molecule has 1 heterocycles. The van der Waals surface area contributed by atoms with Crippen molar-refractivity contribution in [2.75, 3.05) is 36.8 Å². The first-order chi connectivity index (χ1) is 13.5. The molecule has 3 N–H and O–H groups in total. The van der Waals surface area contributed by atoms with Gasteiger partial charge in [0.05, 0.1) is 25.2 Å². The molecule has 0 radical (unpaired) electrons. The van der Waals surface area contributed by atoms with Crippen LogP contribution in [-0.2, 0) is 20.8 Å². The van der Waals surface area contributed by atoms with Crippen molar-refractivity contribution in [2.24, 2.45) is 0 Å². The van der Waals surface area contributed by atoms with Crippen LogP contribution >= 0.6 is 0 Å². The van der Waals surface area contributed by atoms with E-state index in [1.165, 1.54) is 23.1 Å². The molecule has 0 spiro atoms. The number of rotatable bonds is 6. The summed E-state index contributed by atoms with van der Waals surface area (Å²) in [5.41, 5.74) is 1.35. The molecular weight excluding hydrogens is 363 g/mol. The van der Waals surface area contributed by atoms with E-state index in [-0.39, 0.29) is 42.9 Å². The van der Waals surface area contributed by atoms with Gasteiger partial charge in [0.2, 0.25) is 17.7 Å². The number of carbonyl (C=O) groups is 3. The molecule has 7 nitrogen and oxygen atoms in total. The van der Waals surface area contributed by atoms with Crippen LogP contribution in [0.2, 0.25) is 0 Å². The van der Waals surface area contributed by atoms with Crippen molar-refractivity contribution in [3.05, 3.63) is 59.9 Å². The summed E-state index contributed by atoms with van der Waals surface area (Å²) in [5, 5.41) is 8.11. The van der Waals surface area contributed by atoms with E-state index in [0.29, 0.717) is 18.8 Å². The molecule has 1 saturated heterocycles. The molecule has 0 bridgehead atoms. The summed E-state index contributed by atoms with van der Waals surface area (Å²) in [4.78, 5) is 37.2. The molecular formula is C20H21FN4O3. The summed E-state index contributed by atoms with van der Waals surface area (Å²) >= 11 is 0. The number of hydrogen-bond acceptors (Lipinski definition) is 4. The van der Waals surface area contributed by atoms with E-state index in [4.69, 9.17) is 0 Å². The van der Waals surface area contributed by atoms with Crippen LogP contribution in [0.25, 0.3) is 0 Å². The van der Waals surface area contributed by atoms with Crippen molar-refractivity contribution in [2.45, 2.75) is 6.42 Å². The highest BCUT2D eigenvalue weighted by molar-refractivity contribution is 5.93.